The first-order chi connectivity index (χ1) is 11.4. The van der Waals surface area contributed by atoms with Gasteiger partial charge in [-0.3, -0.25) is 0 Å². The van der Waals surface area contributed by atoms with Crippen LogP contribution in [0.2, 0.25) is 5.02 Å². The van der Waals surface area contributed by atoms with Gasteiger partial charge in [0, 0.05) is 11.8 Å². The Bertz CT molecular complexity index is 743. The predicted molar refractivity (Wildman–Crippen MR) is 85.4 cm³/mol. The highest BCUT2D eigenvalue weighted by Crippen LogP contribution is 2.31. The Labute approximate surface area is 141 Å². The average Bonchev–Trinajstić information content (AvgIpc) is 2.52. The van der Waals surface area contributed by atoms with Crippen LogP contribution < -0.4 is 20.1 Å². The number of rotatable bonds is 5. The van der Waals surface area contributed by atoms with Gasteiger partial charge in [0.15, 0.2) is 0 Å². The van der Waals surface area contributed by atoms with Crippen molar-refractivity contribution in [1.82, 2.24) is 0 Å². The van der Waals surface area contributed by atoms with Gasteiger partial charge in [-0.15, -0.1) is 0 Å². The lowest BCUT2D eigenvalue weighted by Crippen LogP contribution is -2.20. The molecule has 0 atom stereocenters. The van der Waals surface area contributed by atoms with Crippen molar-refractivity contribution in [2.75, 3.05) is 17.7 Å². The average molecular weight is 359 g/mol. The number of phenolic OH excluding ortho intramolecular Hbond substituents is 1. The van der Waals surface area contributed by atoms with Gasteiger partial charge in [0.25, 0.3) is 0 Å². The second kappa shape index (κ2) is 7.69. The summed E-state index contributed by atoms with van der Waals surface area (Å²) in [4.78, 5) is 12.0. The lowest BCUT2D eigenvalue weighted by Gasteiger charge is -2.14. The minimum atomic E-state index is -3.04. The molecule has 2 amide bonds. The van der Waals surface area contributed by atoms with Crippen molar-refractivity contribution in [1.29, 1.82) is 0 Å². The first-order valence-electron chi connectivity index (χ1n) is 6.58. The zero-order chi connectivity index (χ0) is 17.7. The van der Waals surface area contributed by atoms with Gasteiger partial charge in [-0.05, 0) is 30.3 Å². The fourth-order valence-electron chi connectivity index (χ4n) is 1.80. The van der Waals surface area contributed by atoms with Gasteiger partial charge in [0.2, 0.25) is 0 Å². The van der Waals surface area contributed by atoms with Gasteiger partial charge in [-0.25, -0.2) is 4.79 Å². The molecular weight excluding hydrogens is 346 g/mol. The third-order valence-corrected chi connectivity index (χ3v) is 3.16. The number of phenols is 1. The van der Waals surface area contributed by atoms with Gasteiger partial charge >= 0.3 is 12.6 Å². The van der Waals surface area contributed by atoms with E-state index in [9.17, 15) is 18.7 Å². The highest BCUT2D eigenvalue weighted by molar-refractivity contribution is 6.32. The Morgan fingerprint density at radius 2 is 1.96 bits per heavy atom. The second-order valence-corrected chi connectivity index (χ2v) is 4.89. The zero-order valence-corrected chi connectivity index (χ0v) is 13.1. The van der Waals surface area contributed by atoms with Crippen LogP contribution in [0, 0.1) is 0 Å². The first-order valence-corrected chi connectivity index (χ1v) is 6.96. The first kappa shape index (κ1) is 17.6. The smallest absolute Gasteiger partial charge is 0.387 e. The maximum Gasteiger partial charge on any atom is 0.387 e. The van der Waals surface area contributed by atoms with Crippen LogP contribution in [0.4, 0.5) is 25.0 Å². The summed E-state index contributed by atoms with van der Waals surface area (Å²) in [5.41, 5.74) is 0.298. The number of anilines is 2. The fraction of sp³-hybridized carbons (Fsp3) is 0.133. The highest BCUT2D eigenvalue weighted by atomic mass is 35.5. The van der Waals surface area contributed by atoms with Crippen LogP contribution >= 0.6 is 11.6 Å². The molecule has 0 heterocycles. The summed E-state index contributed by atoms with van der Waals surface area (Å²) in [6.45, 7) is -3.04. The number of nitrogens with one attached hydrogen (secondary N) is 2. The predicted octanol–water partition coefficient (Wildman–Crippen LogP) is 4.30. The number of alkyl halides is 2. The third-order valence-electron chi connectivity index (χ3n) is 2.86. The SMILES string of the molecule is COc1ccc(OC(F)F)c(NC(=O)Nc2ccc(O)c(Cl)c2)c1. The molecule has 128 valence electrons. The topological polar surface area (TPSA) is 79.8 Å². The molecule has 0 saturated carbocycles. The molecule has 2 aromatic rings. The van der Waals surface area contributed by atoms with E-state index in [1.807, 2.05) is 0 Å². The van der Waals surface area contributed by atoms with Crippen LogP contribution in [0.1, 0.15) is 0 Å². The van der Waals surface area contributed by atoms with E-state index in [2.05, 4.69) is 15.4 Å². The molecule has 0 saturated heterocycles. The lowest BCUT2D eigenvalue weighted by molar-refractivity contribution is -0.0493. The Balaban J connectivity index is 2.15. The van der Waals surface area contributed by atoms with E-state index in [4.69, 9.17) is 16.3 Å². The number of benzene rings is 2. The van der Waals surface area contributed by atoms with E-state index in [0.717, 1.165) is 0 Å². The summed E-state index contributed by atoms with van der Waals surface area (Å²) >= 11 is 5.74. The van der Waals surface area contributed by atoms with Crippen molar-refractivity contribution in [2.24, 2.45) is 0 Å². The number of hydrogen-bond acceptors (Lipinski definition) is 4. The fourth-order valence-corrected chi connectivity index (χ4v) is 1.98. The van der Waals surface area contributed by atoms with E-state index in [0.29, 0.717) is 11.4 Å². The van der Waals surface area contributed by atoms with Crippen molar-refractivity contribution in [3.8, 4) is 17.2 Å². The normalized spacial score (nSPS) is 10.4. The molecule has 0 spiro atoms. The van der Waals surface area contributed by atoms with Crippen molar-refractivity contribution >= 4 is 29.0 Å². The van der Waals surface area contributed by atoms with Crippen LogP contribution in [0.25, 0.3) is 0 Å². The summed E-state index contributed by atoms with van der Waals surface area (Å²) in [7, 11) is 1.39. The van der Waals surface area contributed by atoms with Crippen LogP contribution in [0.5, 0.6) is 17.2 Å². The summed E-state index contributed by atoms with van der Waals surface area (Å²) in [5, 5.41) is 14.2. The standard InChI is InChI=1S/C15H13ClF2N2O4/c1-23-9-3-5-13(24-14(17)18)11(7-9)20-15(22)19-8-2-4-12(21)10(16)6-8/h2-7,14,21H,1H3,(H2,19,20,22). The van der Waals surface area contributed by atoms with Gasteiger partial charge in [0.05, 0.1) is 17.8 Å². The van der Waals surface area contributed by atoms with E-state index >= 15 is 0 Å². The number of carbonyl (C=O) groups is 1. The molecule has 2 aromatic carbocycles. The summed E-state index contributed by atoms with van der Waals surface area (Å²) in [6.07, 6.45) is 0. The zero-order valence-electron chi connectivity index (χ0n) is 12.3. The Morgan fingerprint density at radius 3 is 2.58 bits per heavy atom. The molecule has 24 heavy (non-hydrogen) atoms. The molecule has 0 aliphatic carbocycles. The molecule has 3 N–H and O–H groups in total. The molecule has 0 radical (unpaired) electrons. The van der Waals surface area contributed by atoms with Crippen LogP contribution in [-0.2, 0) is 0 Å². The van der Waals surface area contributed by atoms with Crippen molar-refractivity contribution in [3.63, 3.8) is 0 Å². The van der Waals surface area contributed by atoms with Gasteiger partial charge in [0.1, 0.15) is 17.2 Å². The van der Waals surface area contributed by atoms with Gasteiger partial charge in [-0.1, -0.05) is 11.6 Å². The number of halogens is 3. The van der Waals surface area contributed by atoms with E-state index in [1.54, 1.807) is 0 Å². The Kier molecular flexibility index (Phi) is 5.64. The number of carbonyl (C=O) groups excluding carboxylic acids is 1. The molecule has 6 nitrogen and oxygen atoms in total. The monoisotopic (exact) mass is 358 g/mol. The Hall–Kier alpha value is -2.74. The Morgan fingerprint density at radius 1 is 1.21 bits per heavy atom. The number of hydrogen-bond donors (Lipinski definition) is 3. The number of ether oxygens (including phenoxy) is 2. The largest absolute Gasteiger partial charge is 0.506 e. The molecule has 0 aliphatic heterocycles. The molecule has 0 aliphatic rings. The van der Waals surface area contributed by atoms with Gasteiger partial charge < -0.3 is 25.2 Å². The molecule has 0 bridgehead atoms. The minimum Gasteiger partial charge on any atom is -0.506 e. The van der Waals surface area contributed by atoms with Gasteiger partial charge in [-0.2, -0.15) is 8.78 Å². The number of urea groups is 1. The number of aromatic hydroxyl groups is 1. The van der Waals surface area contributed by atoms with E-state index < -0.39 is 12.6 Å². The molecule has 0 fully saturated rings. The van der Waals surface area contributed by atoms with Crippen LogP contribution in [0.3, 0.4) is 0 Å². The molecule has 2 rings (SSSR count). The van der Waals surface area contributed by atoms with Crippen molar-refractivity contribution < 1.29 is 28.2 Å². The second-order valence-electron chi connectivity index (χ2n) is 4.49. The molecular formula is C15H13ClF2N2O4. The van der Waals surface area contributed by atoms with E-state index in [-0.39, 0.29) is 22.2 Å². The van der Waals surface area contributed by atoms with Crippen LogP contribution in [0.15, 0.2) is 36.4 Å². The number of amides is 2. The highest BCUT2D eigenvalue weighted by Gasteiger charge is 2.14. The summed E-state index contributed by atoms with van der Waals surface area (Å²) in [5.74, 6) is -0.00711. The quantitative estimate of drug-likeness (QED) is 0.696. The molecule has 9 heteroatoms. The van der Waals surface area contributed by atoms with Crippen LogP contribution in [-0.4, -0.2) is 24.9 Å². The summed E-state index contributed by atoms with van der Waals surface area (Å²) < 4.78 is 34.2. The maximum atomic E-state index is 12.4. The van der Waals surface area contributed by atoms with Crippen molar-refractivity contribution in [2.45, 2.75) is 6.61 Å². The molecule has 0 aromatic heterocycles. The van der Waals surface area contributed by atoms with E-state index in [1.165, 1.54) is 43.5 Å². The maximum absolute atomic E-state index is 12.4. The minimum absolute atomic E-state index is 0.00275. The van der Waals surface area contributed by atoms with Crippen molar-refractivity contribution in [3.05, 3.63) is 41.4 Å². The molecule has 0 unspecified atom stereocenters. The third kappa shape index (κ3) is 4.63. The number of methoxy groups -OCH3 is 1. The summed E-state index contributed by atoms with van der Waals surface area (Å²) in [6, 6.07) is 7.33. The lowest BCUT2D eigenvalue weighted by atomic mass is 10.2.